The van der Waals surface area contributed by atoms with E-state index in [9.17, 15) is 14.4 Å². The van der Waals surface area contributed by atoms with Gasteiger partial charge in [-0.3, -0.25) is 14.4 Å². The topological polar surface area (TPSA) is 78.9 Å². The lowest BCUT2D eigenvalue weighted by atomic mass is 10.0. The van der Waals surface area contributed by atoms with Crippen LogP contribution in [0.25, 0.3) is 0 Å². The van der Waals surface area contributed by atoms with E-state index in [2.05, 4.69) is 93.7 Å². The van der Waals surface area contributed by atoms with E-state index < -0.39 is 6.10 Å². The molecule has 1 atom stereocenters. The molecule has 0 N–H and O–H groups in total. The van der Waals surface area contributed by atoms with E-state index in [1.54, 1.807) is 0 Å². The van der Waals surface area contributed by atoms with Crippen molar-refractivity contribution >= 4 is 17.9 Å². The Bertz CT molecular complexity index is 1340. The first-order valence-corrected chi connectivity index (χ1v) is 30.9. The lowest BCUT2D eigenvalue weighted by Gasteiger charge is -2.18. The van der Waals surface area contributed by atoms with Crippen molar-refractivity contribution in [3.63, 3.8) is 0 Å². The van der Waals surface area contributed by atoms with E-state index >= 15 is 0 Å². The summed E-state index contributed by atoms with van der Waals surface area (Å²) in [6.07, 6.45) is 77.6. The second-order valence-corrected chi connectivity index (χ2v) is 20.6. The first-order valence-electron chi connectivity index (χ1n) is 30.9. The molecule has 6 heteroatoms. The second kappa shape index (κ2) is 60.4. The molecule has 0 aromatic carbocycles. The van der Waals surface area contributed by atoms with Gasteiger partial charge in [0.2, 0.25) is 0 Å². The molecule has 0 spiro atoms. The molecule has 0 saturated heterocycles. The molecular weight excluding hydrogens is 889 g/mol. The number of ether oxygens (including phenoxy) is 3. The largest absolute Gasteiger partial charge is 0.462 e. The average molecular weight is 1010 g/mol. The molecule has 0 heterocycles. The summed E-state index contributed by atoms with van der Waals surface area (Å²) in [4.78, 5) is 38.2. The van der Waals surface area contributed by atoms with Gasteiger partial charge in [-0.15, -0.1) is 0 Å². The lowest BCUT2D eigenvalue weighted by molar-refractivity contribution is -0.167. The molecule has 0 amide bonds. The second-order valence-electron chi connectivity index (χ2n) is 20.6. The molecule has 0 aliphatic heterocycles. The van der Waals surface area contributed by atoms with Crippen LogP contribution in [0.2, 0.25) is 0 Å². The number of hydrogen-bond donors (Lipinski definition) is 0. The van der Waals surface area contributed by atoms with E-state index in [0.29, 0.717) is 19.3 Å². The highest BCUT2D eigenvalue weighted by molar-refractivity contribution is 5.71. The van der Waals surface area contributed by atoms with E-state index in [1.165, 1.54) is 161 Å². The van der Waals surface area contributed by atoms with Gasteiger partial charge in [0.1, 0.15) is 13.2 Å². The molecule has 72 heavy (non-hydrogen) atoms. The molecule has 6 nitrogen and oxygen atoms in total. The summed E-state index contributed by atoms with van der Waals surface area (Å²) < 4.78 is 16.9. The van der Waals surface area contributed by atoms with E-state index in [1.807, 2.05) is 0 Å². The zero-order chi connectivity index (χ0) is 52.2. The fourth-order valence-corrected chi connectivity index (χ4v) is 8.82. The number of hydrogen-bond acceptors (Lipinski definition) is 6. The highest BCUT2D eigenvalue weighted by Crippen LogP contribution is 2.16. The lowest BCUT2D eigenvalue weighted by Crippen LogP contribution is -2.30. The molecule has 1 unspecified atom stereocenters. The highest BCUT2D eigenvalue weighted by atomic mass is 16.6. The average Bonchev–Trinajstić information content (AvgIpc) is 3.38. The Balaban J connectivity index is 4.22. The third kappa shape index (κ3) is 57.7. The maximum atomic E-state index is 12.9. The van der Waals surface area contributed by atoms with Crippen LogP contribution in [0.3, 0.4) is 0 Å². The van der Waals surface area contributed by atoms with Gasteiger partial charge in [-0.25, -0.2) is 0 Å². The molecule has 0 aromatic rings. The van der Waals surface area contributed by atoms with Gasteiger partial charge in [-0.05, 0) is 89.9 Å². The fourth-order valence-electron chi connectivity index (χ4n) is 8.82. The number of rotatable bonds is 56. The fraction of sp³-hybridized carbons (Fsp3) is 0.773. The first-order chi connectivity index (χ1) is 35.5. The molecule has 416 valence electrons. The van der Waals surface area contributed by atoms with Crippen LogP contribution >= 0.6 is 0 Å². The maximum Gasteiger partial charge on any atom is 0.306 e. The van der Waals surface area contributed by atoms with Crippen molar-refractivity contribution in [3.05, 3.63) is 72.9 Å². The minimum Gasteiger partial charge on any atom is -0.462 e. The van der Waals surface area contributed by atoms with Crippen LogP contribution in [-0.2, 0) is 28.6 Å². The standard InChI is InChI=1S/C66H116O6/c1-4-7-10-13-16-19-22-24-26-28-29-30-31-32-33-34-35-36-37-38-40-41-44-47-50-53-56-59-65(68)71-62-63(61-70-64(67)58-55-52-49-46-43-21-18-15-12-9-6-3)72-66(69)60-57-54-51-48-45-42-39-27-25-23-20-17-14-11-8-5-2/h7,10,16,19-20,23-24,26-27,29-30,39,63H,4-6,8-9,11-15,17-18,21-22,25,28,31-38,40-62H2,1-3H3/b10-7-,19-16-,23-20-,26-24-,30-29-,39-27-. The maximum absolute atomic E-state index is 12.9. The summed E-state index contributed by atoms with van der Waals surface area (Å²) in [7, 11) is 0. The summed E-state index contributed by atoms with van der Waals surface area (Å²) in [6, 6.07) is 0. The number of carbonyl (C=O) groups excluding carboxylic acids is 3. The monoisotopic (exact) mass is 1000 g/mol. The van der Waals surface area contributed by atoms with Gasteiger partial charge in [0.25, 0.3) is 0 Å². The Morgan fingerprint density at radius 1 is 0.292 bits per heavy atom. The molecule has 0 rings (SSSR count). The number of esters is 3. The Hall–Kier alpha value is -3.15. The molecule has 0 aliphatic carbocycles. The third-order valence-corrected chi connectivity index (χ3v) is 13.4. The van der Waals surface area contributed by atoms with Gasteiger partial charge in [0, 0.05) is 19.3 Å². The van der Waals surface area contributed by atoms with Crippen LogP contribution in [0.5, 0.6) is 0 Å². The van der Waals surface area contributed by atoms with E-state index in [-0.39, 0.29) is 31.1 Å². The van der Waals surface area contributed by atoms with Crippen molar-refractivity contribution in [3.8, 4) is 0 Å². The van der Waals surface area contributed by atoms with Crippen LogP contribution < -0.4 is 0 Å². The SMILES string of the molecule is CC/C=C\C/C=C\C/C=C\C/C=C\CCCCCCCCCCCCCCCCC(=O)OCC(COC(=O)CCCCCCCCCCCCC)OC(=O)CCCCCCC/C=C\C/C=C\CCCCCC. The van der Waals surface area contributed by atoms with Crippen LogP contribution in [0.15, 0.2) is 72.9 Å². The van der Waals surface area contributed by atoms with Crippen molar-refractivity contribution in [2.24, 2.45) is 0 Å². The number of unbranched alkanes of at least 4 members (excludes halogenated alkanes) is 33. The van der Waals surface area contributed by atoms with Gasteiger partial charge in [0.05, 0.1) is 0 Å². The molecule has 0 radical (unpaired) electrons. The first kappa shape index (κ1) is 68.8. The summed E-state index contributed by atoms with van der Waals surface area (Å²) in [5.74, 6) is -0.880. The van der Waals surface area contributed by atoms with Crippen molar-refractivity contribution < 1.29 is 28.6 Å². The normalized spacial score (nSPS) is 12.5. The quantitative estimate of drug-likeness (QED) is 0.0261. The molecule has 0 bridgehead atoms. The predicted octanol–water partition coefficient (Wildman–Crippen LogP) is 20.9. The minimum absolute atomic E-state index is 0.0775. The molecule has 0 aromatic heterocycles. The van der Waals surface area contributed by atoms with Crippen molar-refractivity contribution in [2.45, 2.75) is 316 Å². The van der Waals surface area contributed by atoms with Crippen LogP contribution in [0, 0.1) is 0 Å². The zero-order valence-corrected chi connectivity index (χ0v) is 47.7. The van der Waals surface area contributed by atoms with Gasteiger partial charge >= 0.3 is 17.9 Å². The summed E-state index contributed by atoms with van der Waals surface area (Å²) in [5.41, 5.74) is 0. The number of carbonyl (C=O) groups is 3. The van der Waals surface area contributed by atoms with Gasteiger partial charge in [-0.2, -0.15) is 0 Å². The summed E-state index contributed by atoms with van der Waals surface area (Å²) in [6.45, 7) is 6.52. The van der Waals surface area contributed by atoms with Crippen molar-refractivity contribution in [2.75, 3.05) is 13.2 Å². The van der Waals surface area contributed by atoms with Crippen LogP contribution in [0.1, 0.15) is 310 Å². The molecular formula is C66H116O6. The third-order valence-electron chi connectivity index (χ3n) is 13.4. The Morgan fingerprint density at radius 2 is 0.542 bits per heavy atom. The summed E-state index contributed by atoms with van der Waals surface area (Å²) in [5, 5.41) is 0. The van der Waals surface area contributed by atoms with Crippen LogP contribution in [-0.4, -0.2) is 37.2 Å². The van der Waals surface area contributed by atoms with E-state index in [4.69, 9.17) is 14.2 Å². The molecule has 0 fully saturated rings. The van der Waals surface area contributed by atoms with Crippen LogP contribution in [0.4, 0.5) is 0 Å². The highest BCUT2D eigenvalue weighted by Gasteiger charge is 2.19. The van der Waals surface area contributed by atoms with Crippen molar-refractivity contribution in [1.29, 1.82) is 0 Å². The van der Waals surface area contributed by atoms with Gasteiger partial charge < -0.3 is 14.2 Å². The summed E-state index contributed by atoms with van der Waals surface area (Å²) >= 11 is 0. The van der Waals surface area contributed by atoms with Gasteiger partial charge in [0.15, 0.2) is 6.10 Å². The Morgan fingerprint density at radius 3 is 0.861 bits per heavy atom. The zero-order valence-electron chi connectivity index (χ0n) is 47.7. The predicted molar refractivity (Wildman–Crippen MR) is 311 cm³/mol. The number of allylic oxidation sites excluding steroid dienone is 12. The molecule has 0 aliphatic rings. The minimum atomic E-state index is -0.780. The van der Waals surface area contributed by atoms with Crippen molar-refractivity contribution in [1.82, 2.24) is 0 Å². The van der Waals surface area contributed by atoms with E-state index in [0.717, 1.165) is 109 Å². The Kier molecular flexibility index (Phi) is 57.8. The van der Waals surface area contributed by atoms with Gasteiger partial charge in [-0.1, -0.05) is 273 Å². The smallest absolute Gasteiger partial charge is 0.306 e. The molecule has 0 saturated carbocycles. The Labute approximate surface area is 446 Å².